The fourth-order valence-corrected chi connectivity index (χ4v) is 7.23. The highest BCUT2D eigenvalue weighted by molar-refractivity contribution is 7.98. The lowest BCUT2D eigenvalue weighted by Gasteiger charge is -2.20. The minimum Gasteiger partial charge on any atom is -0.412 e. The van der Waals surface area contributed by atoms with Crippen LogP contribution in [0.3, 0.4) is 0 Å². The van der Waals surface area contributed by atoms with E-state index in [1.165, 1.54) is 0 Å². The van der Waals surface area contributed by atoms with E-state index in [1.54, 1.807) is 23.5 Å². The van der Waals surface area contributed by atoms with Crippen LogP contribution in [-0.2, 0) is 18.3 Å². The molecule has 0 bridgehead atoms. The molecule has 0 aromatic rings. The second-order valence-electron chi connectivity index (χ2n) is 5.70. The van der Waals surface area contributed by atoms with Crippen LogP contribution in [0.5, 0.6) is 0 Å². The molecule has 0 aromatic carbocycles. The molecule has 0 aliphatic heterocycles. The van der Waals surface area contributed by atoms with E-state index in [4.69, 9.17) is 39.1 Å². The smallest absolute Gasteiger partial charge is 0.354 e. The molecule has 0 unspecified atom stereocenters. The molecule has 12 N–H and O–H groups in total. The van der Waals surface area contributed by atoms with Gasteiger partial charge in [-0.1, -0.05) is 0 Å². The largest absolute Gasteiger partial charge is 0.412 e. The Labute approximate surface area is 188 Å². The van der Waals surface area contributed by atoms with E-state index >= 15 is 0 Å². The van der Waals surface area contributed by atoms with E-state index in [2.05, 4.69) is 10.6 Å². The molecular formula is C10H32N2O13P4S2. The summed E-state index contributed by atoms with van der Waals surface area (Å²) in [7, 11) is -19.3. The summed E-state index contributed by atoms with van der Waals surface area (Å²) in [6, 6.07) is 0. The molecule has 0 rings (SSSR count). The molecule has 0 radical (unpaired) electrons. The maximum atomic E-state index is 10.8. The minimum absolute atomic E-state index is 0. The lowest BCUT2D eigenvalue weighted by Crippen LogP contribution is -2.30. The van der Waals surface area contributed by atoms with Crippen molar-refractivity contribution >= 4 is 53.9 Å². The summed E-state index contributed by atoms with van der Waals surface area (Å²) in [4.78, 5) is 69.8. The SMILES string of the molecule is CSCCCNC(P(=O)(O)O)P(=O)(O)O.CSCCCNC(P(=O)(O)O)P(=O)(O)O.O. The van der Waals surface area contributed by atoms with Crippen molar-refractivity contribution in [1.82, 2.24) is 10.6 Å². The minimum atomic E-state index is -4.83. The normalized spacial score (nSPS) is 13.0. The maximum Gasteiger partial charge on any atom is 0.354 e. The zero-order valence-corrected chi connectivity index (χ0v) is 21.9. The highest BCUT2D eigenvalue weighted by Gasteiger charge is 2.43. The van der Waals surface area contributed by atoms with Crippen molar-refractivity contribution in [2.24, 2.45) is 0 Å². The van der Waals surface area contributed by atoms with Gasteiger partial charge in [0.2, 0.25) is 11.0 Å². The molecule has 21 heteroatoms. The molecule has 31 heavy (non-hydrogen) atoms. The van der Waals surface area contributed by atoms with Crippen molar-refractivity contribution < 1.29 is 62.9 Å². The molecule has 0 amide bonds. The first-order valence-electron chi connectivity index (χ1n) is 8.04. The summed E-state index contributed by atoms with van der Waals surface area (Å²) in [5.41, 5.74) is -4.18. The van der Waals surface area contributed by atoms with Gasteiger partial charge in [0.25, 0.3) is 0 Å². The van der Waals surface area contributed by atoms with E-state index < -0.39 is 41.4 Å². The van der Waals surface area contributed by atoms with Crippen molar-refractivity contribution in [3.63, 3.8) is 0 Å². The number of thioether (sulfide) groups is 2. The fourth-order valence-electron chi connectivity index (χ4n) is 1.76. The summed E-state index contributed by atoms with van der Waals surface area (Å²) in [5.74, 6) is 1.50. The van der Waals surface area contributed by atoms with Crippen LogP contribution >= 0.6 is 53.9 Å². The molecule has 0 saturated carbocycles. The maximum absolute atomic E-state index is 10.8. The molecule has 0 heterocycles. The molecule has 0 fully saturated rings. The molecule has 0 aliphatic rings. The topological polar surface area (TPSA) is 286 Å². The highest BCUT2D eigenvalue weighted by Crippen LogP contribution is 2.58. The highest BCUT2D eigenvalue weighted by atomic mass is 32.2. The third kappa shape index (κ3) is 19.2. The van der Waals surface area contributed by atoms with Gasteiger partial charge in [0.05, 0.1) is 0 Å². The molecule has 0 atom stereocenters. The number of hydrogen-bond donors (Lipinski definition) is 10. The monoisotopic (exact) mass is 576 g/mol. The molecule has 0 aromatic heterocycles. The average Bonchev–Trinajstić information content (AvgIpc) is 2.50. The van der Waals surface area contributed by atoms with E-state index in [0.29, 0.717) is 12.8 Å². The molecular weight excluding hydrogens is 544 g/mol. The van der Waals surface area contributed by atoms with Crippen molar-refractivity contribution in [2.45, 2.75) is 23.9 Å². The summed E-state index contributed by atoms with van der Waals surface area (Å²) in [6.07, 6.45) is 4.89. The van der Waals surface area contributed by atoms with E-state index in [-0.39, 0.29) is 18.6 Å². The molecule has 0 saturated heterocycles. The van der Waals surface area contributed by atoms with Gasteiger partial charge in [0.15, 0.2) is 0 Å². The molecule has 15 nitrogen and oxygen atoms in total. The van der Waals surface area contributed by atoms with Gasteiger partial charge >= 0.3 is 30.4 Å². The van der Waals surface area contributed by atoms with Gasteiger partial charge in [-0.05, 0) is 49.9 Å². The Balaban J connectivity index is -0.000000490. The van der Waals surface area contributed by atoms with Crippen LogP contribution in [0.25, 0.3) is 0 Å². The van der Waals surface area contributed by atoms with Crippen molar-refractivity contribution in [3.8, 4) is 0 Å². The second kappa shape index (κ2) is 16.7. The Morgan fingerprint density at radius 2 is 0.839 bits per heavy atom. The third-order valence-corrected chi connectivity index (χ3v) is 11.3. The average molecular weight is 576 g/mol. The Kier molecular flexibility index (Phi) is 19.8. The van der Waals surface area contributed by atoms with Gasteiger partial charge in [-0.25, -0.2) is 0 Å². The van der Waals surface area contributed by atoms with Crippen molar-refractivity contribution in [2.75, 3.05) is 37.1 Å². The first kappa shape index (κ1) is 36.7. The van der Waals surface area contributed by atoms with E-state index in [1.807, 2.05) is 12.5 Å². The Morgan fingerprint density at radius 3 is 1.00 bits per heavy atom. The van der Waals surface area contributed by atoms with Crippen molar-refractivity contribution in [1.29, 1.82) is 0 Å². The first-order chi connectivity index (χ1) is 13.4. The summed E-state index contributed by atoms with van der Waals surface area (Å²) < 4.78 is 43.1. The lowest BCUT2D eigenvalue weighted by molar-refractivity contribution is 0.324. The van der Waals surface area contributed by atoms with Crippen LogP contribution in [0.4, 0.5) is 0 Å². The number of nitrogens with one attached hydrogen (secondary N) is 2. The Morgan fingerprint density at radius 1 is 0.613 bits per heavy atom. The quantitative estimate of drug-likeness (QED) is 0.0886. The van der Waals surface area contributed by atoms with Gasteiger partial charge in [-0.15, -0.1) is 0 Å². The van der Waals surface area contributed by atoms with Gasteiger partial charge in [0.1, 0.15) is 0 Å². The van der Waals surface area contributed by atoms with Crippen LogP contribution in [0, 0.1) is 0 Å². The first-order valence-corrected chi connectivity index (χ1v) is 17.6. The van der Waals surface area contributed by atoms with Crippen LogP contribution in [-0.4, -0.2) is 92.8 Å². The summed E-state index contributed by atoms with van der Waals surface area (Å²) in [6.45, 7) is 0.309. The predicted octanol–water partition coefficient (Wildman–Crippen LogP) is -0.889. The molecule has 0 spiro atoms. The zero-order valence-electron chi connectivity index (χ0n) is 16.7. The van der Waals surface area contributed by atoms with Crippen LogP contribution in [0.1, 0.15) is 12.8 Å². The van der Waals surface area contributed by atoms with Crippen molar-refractivity contribution in [3.05, 3.63) is 0 Å². The van der Waals surface area contributed by atoms with Gasteiger partial charge in [-0.3, -0.25) is 28.9 Å². The van der Waals surface area contributed by atoms with E-state index in [0.717, 1.165) is 11.5 Å². The van der Waals surface area contributed by atoms with Crippen LogP contribution in [0.2, 0.25) is 0 Å². The number of rotatable bonds is 14. The second-order valence-corrected chi connectivity index (χ2v) is 15.3. The fraction of sp³-hybridized carbons (Fsp3) is 1.00. The standard InChI is InChI=1S/2C5H15NO6P2S.H2O/c2*1-15-4-2-3-6-5(13(7,8)9)14(10,11)12;/h2*5-6H,2-4H2,1H3,(H2,7,8,9)(H2,10,11,12);1H2. The van der Waals surface area contributed by atoms with Gasteiger partial charge in [0, 0.05) is 0 Å². The zero-order chi connectivity index (χ0) is 24.2. The summed E-state index contributed by atoms with van der Waals surface area (Å²) >= 11 is 3.08. The van der Waals surface area contributed by atoms with Crippen LogP contribution in [0.15, 0.2) is 0 Å². The Hall–Kier alpha value is 1.18. The number of hydrogen-bond acceptors (Lipinski definition) is 8. The van der Waals surface area contributed by atoms with Crippen LogP contribution < -0.4 is 10.6 Å². The van der Waals surface area contributed by atoms with Gasteiger partial charge in [-0.2, -0.15) is 23.5 Å². The third-order valence-electron chi connectivity index (χ3n) is 2.98. The molecule has 0 aliphatic carbocycles. The predicted molar refractivity (Wildman–Crippen MR) is 121 cm³/mol. The lowest BCUT2D eigenvalue weighted by atomic mass is 10.5. The summed E-state index contributed by atoms with van der Waals surface area (Å²) in [5, 5.41) is 4.39. The van der Waals surface area contributed by atoms with Gasteiger partial charge < -0.3 is 44.6 Å². The van der Waals surface area contributed by atoms with E-state index in [9.17, 15) is 18.3 Å². The Bertz CT molecular complexity index is 563. The molecule has 192 valence electrons.